The van der Waals surface area contributed by atoms with Crippen LogP contribution in [0.15, 0.2) is 54.9 Å². The summed E-state index contributed by atoms with van der Waals surface area (Å²) in [7, 11) is 0. The maximum atomic E-state index is 6.24. The minimum Gasteiger partial charge on any atom is -0.359 e. The largest absolute Gasteiger partial charge is 0.359 e. The van der Waals surface area contributed by atoms with Crippen LogP contribution in [0.5, 0.6) is 0 Å². The predicted octanol–water partition coefficient (Wildman–Crippen LogP) is 5.04. The number of hydrogen-bond donors (Lipinski definition) is 2. The van der Waals surface area contributed by atoms with Gasteiger partial charge in [0.2, 0.25) is 5.13 Å². The van der Waals surface area contributed by atoms with Gasteiger partial charge in [0.15, 0.2) is 0 Å². The Hall–Kier alpha value is -2.25. The third kappa shape index (κ3) is 4.42. The fourth-order valence-corrected chi connectivity index (χ4v) is 4.12. The molecule has 0 spiro atoms. The molecule has 2 aromatic carbocycles. The average molecular weight is 430 g/mol. The van der Waals surface area contributed by atoms with E-state index < -0.39 is 0 Å². The van der Waals surface area contributed by atoms with E-state index in [1.807, 2.05) is 36.5 Å². The highest BCUT2D eigenvalue weighted by Gasteiger charge is 2.11. The zero-order chi connectivity index (χ0) is 19.5. The summed E-state index contributed by atoms with van der Waals surface area (Å²) in [4.78, 5) is 4.14. The smallest absolute Gasteiger partial charge is 0.206 e. The first-order chi connectivity index (χ1) is 13.6. The minimum atomic E-state index is -0.112. The summed E-state index contributed by atoms with van der Waals surface area (Å²) < 4.78 is 0. The van der Waals surface area contributed by atoms with Crippen LogP contribution in [0.4, 0.5) is 5.13 Å². The number of anilines is 1. The molecule has 0 fully saturated rings. The van der Waals surface area contributed by atoms with Crippen molar-refractivity contribution in [1.29, 1.82) is 0 Å². The summed E-state index contributed by atoms with van der Waals surface area (Å²) >= 11 is 13.7. The lowest BCUT2D eigenvalue weighted by Gasteiger charge is -2.13. The topological polar surface area (TPSA) is 76.7 Å². The SMILES string of the molecule is N[C@H](CNc1nnc(-c2ccc3cnccc3c2)s1)Cc1ccc(Cl)cc1Cl. The van der Waals surface area contributed by atoms with E-state index in [2.05, 4.69) is 26.6 Å². The van der Waals surface area contributed by atoms with Gasteiger partial charge in [-0.25, -0.2) is 0 Å². The van der Waals surface area contributed by atoms with E-state index in [0.29, 0.717) is 23.0 Å². The van der Waals surface area contributed by atoms with Gasteiger partial charge in [-0.1, -0.05) is 52.7 Å². The van der Waals surface area contributed by atoms with Crippen molar-refractivity contribution < 1.29 is 0 Å². The van der Waals surface area contributed by atoms with Gasteiger partial charge in [-0.2, -0.15) is 0 Å². The molecule has 0 unspecified atom stereocenters. The van der Waals surface area contributed by atoms with Gasteiger partial charge in [0.25, 0.3) is 0 Å². The fraction of sp³-hybridized carbons (Fsp3) is 0.150. The van der Waals surface area contributed by atoms with Crippen LogP contribution in [-0.2, 0) is 6.42 Å². The molecule has 142 valence electrons. The highest BCUT2D eigenvalue weighted by atomic mass is 35.5. The highest BCUT2D eigenvalue weighted by Crippen LogP contribution is 2.29. The molecule has 0 saturated carbocycles. The fourth-order valence-electron chi connectivity index (χ4n) is 2.89. The first kappa shape index (κ1) is 19.1. The van der Waals surface area contributed by atoms with Crippen molar-refractivity contribution in [2.24, 2.45) is 5.73 Å². The molecule has 3 N–H and O–H groups in total. The third-order valence-corrected chi connectivity index (χ3v) is 5.84. The Morgan fingerprint density at radius 3 is 2.79 bits per heavy atom. The number of halogens is 2. The molecule has 0 amide bonds. The maximum absolute atomic E-state index is 6.24. The number of nitrogens with two attached hydrogens (primary N) is 1. The number of hydrogen-bond acceptors (Lipinski definition) is 6. The van der Waals surface area contributed by atoms with Gasteiger partial charge >= 0.3 is 0 Å². The molecule has 0 aliphatic rings. The van der Waals surface area contributed by atoms with Crippen molar-refractivity contribution in [2.45, 2.75) is 12.5 Å². The van der Waals surface area contributed by atoms with E-state index in [0.717, 1.165) is 32.0 Å². The van der Waals surface area contributed by atoms with Crippen LogP contribution in [-0.4, -0.2) is 27.8 Å². The molecule has 0 saturated heterocycles. The quantitative estimate of drug-likeness (QED) is 0.448. The Morgan fingerprint density at radius 1 is 1.04 bits per heavy atom. The first-order valence-corrected chi connectivity index (χ1v) is 10.3. The van der Waals surface area contributed by atoms with Gasteiger partial charge in [0, 0.05) is 46.0 Å². The van der Waals surface area contributed by atoms with Crippen LogP contribution >= 0.6 is 34.5 Å². The molecule has 4 rings (SSSR count). The summed E-state index contributed by atoms with van der Waals surface area (Å²) in [5, 5.41) is 16.9. The Labute approximate surface area is 176 Å². The molecule has 0 aliphatic carbocycles. The third-order valence-electron chi connectivity index (χ3n) is 4.33. The van der Waals surface area contributed by atoms with E-state index in [4.69, 9.17) is 28.9 Å². The lowest BCUT2D eigenvalue weighted by Crippen LogP contribution is -2.31. The lowest BCUT2D eigenvalue weighted by atomic mass is 10.1. The number of nitrogens with one attached hydrogen (secondary N) is 1. The van der Waals surface area contributed by atoms with E-state index in [9.17, 15) is 0 Å². The highest BCUT2D eigenvalue weighted by molar-refractivity contribution is 7.18. The second kappa shape index (κ2) is 8.41. The standard InChI is InChI=1S/C20H17Cl2N5S/c21-16-4-3-13(18(22)9-16)8-17(23)11-25-20-27-26-19(28-20)14-1-2-15-10-24-6-5-12(15)7-14/h1-7,9-10,17H,8,11,23H2,(H,25,27)/t17-/m0/s1. The number of aromatic nitrogens is 3. The molecule has 5 nitrogen and oxygen atoms in total. The maximum Gasteiger partial charge on any atom is 0.206 e. The second-order valence-corrected chi connectivity index (χ2v) is 8.25. The Kier molecular flexibility index (Phi) is 5.73. The molecular formula is C20H17Cl2N5S. The van der Waals surface area contributed by atoms with Gasteiger partial charge in [0.1, 0.15) is 5.01 Å². The summed E-state index contributed by atoms with van der Waals surface area (Å²) in [5.41, 5.74) is 8.24. The van der Waals surface area contributed by atoms with Gasteiger partial charge in [-0.3, -0.25) is 4.98 Å². The summed E-state index contributed by atoms with van der Waals surface area (Å²) in [6, 6.07) is 13.5. The van der Waals surface area contributed by atoms with Gasteiger partial charge in [-0.15, -0.1) is 10.2 Å². The van der Waals surface area contributed by atoms with E-state index in [1.54, 1.807) is 12.3 Å². The molecule has 8 heteroatoms. The van der Waals surface area contributed by atoms with Crippen molar-refractivity contribution in [3.05, 3.63) is 70.5 Å². The molecule has 0 bridgehead atoms. The number of pyridine rings is 1. The van der Waals surface area contributed by atoms with Crippen LogP contribution in [0.3, 0.4) is 0 Å². The summed E-state index contributed by atoms with van der Waals surface area (Å²) in [6.07, 6.45) is 4.28. The van der Waals surface area contributed by atoms with Crippen LogP contribution in [0.2, 0.25) is 10.0 Å². The van der Waals surface area contributed by atoms with Crippen LogP contribution < -0.4 is 11.1 Å². The van der Waals surface area contributed by atoms with E-state index in [-0.39, 0.29) is 6.04 Å². The van der Waals surface area contributed by atoms with Crippen molar-refractivity contribution >= 4 is 50.4 Å². The van der Waals surface area contributed by atoms with Crippen molar-refractivity contribution in [3.8, 4) is 10.6 Å². The van der Waals surface area contributed by atoms with Crippen LogP contribution in [0.1, 0.15) is 5.56 Å². The van der Waals surface area contributed by atoms with E-state index in [1.165, 1.54) is 11.3 Å². The molecule has 2 aromatic heterocycles. The number of fused-ring (bicyclic) bond motifs is 1. The zero-order valence-corrected chi connectivity index (χ0v) is 17.1. The number of nitrogens with zero attached hydrogens (tertiary/aromatic N) is 3. The zero-order valence-electron chi connectivity index (χ0n) is 14.8. The van der Waals surface area contributed by atoms with Crippen LogP contribution in [0.25, 0.3) is 21.3 Å². The monoisotopic (exact) mass is 429 g/mol. The summed E-state index contributed by atoms with van der Waals surface area (Å²) in [6.45, 7) is 0.566. The lowest BCUT2D eigenvalue weighted by molar-refractivity contribution is 0.698. The summed E-state index contributed by atoms with van der Waals surface area (Å²) in [5.74, 6) is 0. The first-order valence-electron chi connectivity index (χ1n) is 8.69. The van der Waals surface area contributed by atoms with Crippen molar-refractivity contribution in [1.82, 2.24) is 15.2 Å². The molecule has 28 heavy (non-hydrogen) atoms. The number of rotatable bonds is 6. The van der Waals surface area contributed by atoms with Crippen molar-refractivity contribution in [2.75, 3.05) is 11.9 Å². The molecule has 1 atom stereocenters. The minimum absolute atomic E-state index is 0.112. The molecular weight excluding hydrogens is 413 g/mol. The normalized spacial score (nSPS) is 12.2. The number of benzene rings is 2. The van der Waals surface area contributed by atoms with Crippen molar-refractivity contribution in [3.63, 3.8) is 0 Å². The second-order valence-electron chi connectivity index (χ2n) is 6.43. The molecule has 4 aromatic rings. The average Bonchev–Trinajstić information content (AvgIpc) is 3.17. The molecule has 0 radical (unpaired) electrons. The predicted molar refractivity (Wildman–Crippen MR) is 117 cm³/mol. The Morgan fingerprint density at radius 2 is 1.93 bits per heavy atom. The molecule has 0 aliphatic heterocycles. The van der Waals surface area contributed by atoms with Gasteiger partial charge in [-0.05, 0) is 41.6 Å². The molecule has 2 heterocycles. The van der Waals surface area contributed by atoms with E-state index >= 15 is 0 Å². The van der Waals surface area contributed by atoms with Gasteiger partial charge in [0.05, 0.1) is 0 Å². The Bertz CT molecular complexity index is 1110. The Balaban J connectivity index is 1.40. The van der Waals surface area contributed by atoms with Gasteiger partial charge < -0.3 is 11.1 Å². The van der Waals surface area contributed by atoms with Crippen LogP contribution in [0, 0.1) is 0 Å².